The zero-order valence-electron chi connectivity index (χ0n) is 6.54. The van der Waals surface area contributed by atoms with Crippen molar-refractivity contribution in [2.75, 3.05) is 7.11 Å². The molecule has 0 saturated heterocycles. The standard InChI is InChI=1S/C7H4FNO3S/c1-12-7(11)4-2-13-6(5(4)8)9-3-10/h2H,1H3. The molecule has 0 fully saturated rings. The van der Waals surface area contributed by atoms with Gasteiger partial charge in [-0.3, -0.25) is 0 Å². The fraction of sp³-hybridized carbons (Fsp3) is 0.143. The maximum atomic E-state index is 13.1. The van der Waals surface area contributed by atoms with Gasteiger partial charge in [0, 0.05) is 5.38 Å². The maximum Gasteiger partial charge on any atom is 0.341 e. The van der Waals surface area contributed by atoms with Gasteiger partial charge in [-0.25, -0.2) is 14.0 Å². The summed E-state index contributed by atoms with van der Waals surface area (Å²) >= 11 is 0.839. The Hall–Kier alpha value is -1.52. The summed E-state index contributed by atoms with van der Waals surface area (Å²) in [4.78, 5) is 23.7. The molecule has 0 radical (unpaired) electrons. The van der Waals surface area contributed by atoms with Gasteiger partial charge >= 0.3 is 5.97 Å². The normalized spacial score (nSPS) is 9.08. The van der Waals surface area contributed by atoms with Gasteiger partial charge in [0.1, 0.15) is 5.56 Å². The molecule has 4 nitrogen and oxygen atoms in total. The van der Waals surface area contributed by atoms with Crippen molar-refractivity contribution in [3.63, 3.8) is 0 Å². The summed E-state index contributed by atoms with van der Waals surface area (Å²) in [7, 11) is 1.14. The summed E-state index contributed by atoms with van der Waals surface area (Å²) in [5.41, 5.74) is -0.221. The molecule has 0 atom stereocenters. The highest BCUT2D eigenvalue weighted by Crippen LogP contribution is 2.28. The van der Waals surface area contributed by atoms with Gasteiger partial charge in [-0.1, -0.05) is 0 Å². The topological polar surface area (TPSA) is 55.7 Å². The molecular formula is C7H4FNO3S. The Morgan fingerprint density at radius 2 is 2.46 bits per heavy atom. The highest BCUT2D eigenvalue weighted by Gasteiger charge is 2.17. The molecule has 0 saturated carbocycles. The van der Waals surface area contributed by atoms with Crippen LogP contribution in [0.15, 0.2) is 10.4 Å². The van der Waals surface area contributed by atoms with Gasteiger partial charge in [0.05, 0.1) is 7.11 Å². The van der Waals surface area contributed by atoms with Gasteiger partial charge < -0.3 is 4.74 Å². The predicted octanol–water partition coefficient (Wildman–Crippen LogP) is 1.64. The van der Waals surface area contributed by atoms with Gasteiger partial charge in [0.25, 0.3) is 0 Å². The van der Waals surface area contributed by atoms with Crippen LogP contribution in [0.25, 0.3) is 0 Å². The van der Waals surface area contributed by atoms with Crippen LogP contribution in [-0.4, -0.2) is 19.2 Å². The third-order valence-corrected chi connectivity index (χ3v) is 2.11. The Balaban J connectivity index is 3.13. The summed E-state index contributed by atoms with van der Waals surface area (Å²) in [5.74, 6) is -1.64. The van der Waals surface area contributed by atoms with Crippen LogP contribution in [0.1, 0.15) is 10.4 Å². The number of halogens is 1. The molecule has 1 rings (SSSR count). The van der Waals surface area contributed by atoms with Crippen molar-refractivity contribution in [2.45, 2.75) is 0 Å². The van der Waals surface area contributed by atoms with Gasteiger partial charge in [-0.05, 0) is 0 Å². The fourth-order valence-corrected chi connectivity index (χ4v) is 1.43. The highest BCUT2D eigenvalue weighted by molar-refractivity contribution is 7.14. The molecule has 0 spiro atoms. The lowest BCUT2D eigenvalue weighted by atomic mass is 10.3. The highest BCUT2D eigenvalue weighted by atomic mass is 32.1. The Kier molecular flexibility index (Phi) is 2.89. The minimum atomic E-state index is -0.847. The summed E-state index contributed by atoms with van der Waals surface area (Å²) in [6.45, 7) is 0. The zero-order chi connectivity index (χ0) is 9.84. The number of ether oxygens (including phenoxy) is 1. The SMILES string of the molecule is COC(=O)c1csc(N=C=O)c1F. The number of isocyanates is 1. The Morgan fingerprint density at radius 3 is 3.00 bits per heavy atom. The summed E-state index contributed by atoms with van der Waals surface area (Å²) in [6.07, 6.45) is 1.19. The fourth-order valence-electron chi connectivity index (χ4n) is 0.698. The second-order valence-corrected chi connectivity index (χ2v) is 2.82. The van der Waals surface area contributed by atoms with E-state index in [4.69, 9.17) is 0 Å². The first-order chi connectivity index (χ1) is 6.20. The van der Waals surface area contributed by atoms with Crippen LogP contribution >= 0.6 is 11.3 Å². The van der Waals surface area contributed by atoms with E-state index in [0.717, 1.165) is 18.4 Å². The number of hydrogen-bond acceptors (Lipinski definition) is 5. The molecule has 0 unspecified atom stereocenters. The number of aliphatic imine (C=N–C) groups is 1. The lowest BCUT2D eigenvalue weighted by molar-refractivity contribution is 0.0596. The molecule has 0 aliphatic heterocycles. The van der Waals surface area contributed by atoms with Crippen LogP contribution in [0, 0.1) is 5.82 Å². The molecule has 68 valence electrons. The summed E-state index contributed by atoms with van der Waals surface area (Å²) in [5, 5.41) is 1.06. The predicted molar refractivity (Wildman–Crippen MR) is 43.4 cm³/mol. The van der Waals surface area contributed by atoms with Crippen molar-refractivity contribution in [3.05, 3.63) is 16.8 Å². The lowest BCUT2D eigenvalue weighted by Crippen LogP contribution is -2.01. The molecule has 0 aromatic carbocycles. The van der Waals surface area contributed by atoms with Crippen LogP contribution in [0.3, 0.4) is 0 Å². The van der Waals surface area contributed by atoms with Crippen LogP contribution in [0.5, 0.6) is 0 Å². The third-order valence-electron chi connectivity index (χ3n) is 1.27. The van der Waals surface area contributed by atoms with E-state index in [0.29, 0.717) is 0 Å². The molecule has 1 aromatic heterocycles. The number of carbonyl (C=O) groups excluding carboxylic acids is 2. The van der Waals surface area contributed by atoms with Crippen molar-refractivity contribution in [2.24, 2.45) is 4.99 Å². The van der Waals surface area contributed by atoms with Gasteiger partial charge in [-0.2, -0.15) is 4.99 Å². The number of nitrogens with zero attached hydrogens (tertiary/aromatic N) is 1. The molecular weight excluding hydrogens is 197 g/mol. The monoisotopic (exact) mass is 201 g/mol. The minimum absolute atomic E-state index is 0.171. The van der Waals surface area contributed by atoms with Gasteiger partial charge in [-0.15, -0.1) is 11.3 Å². The molecule has 6 heteroatoms. The summed E-state index contributed by atoms with van der Waals surface area (Å²) < 4.78 is 17.4. The van der Waals surface area contributed by atoms with E-state index in [-0.39, 0.29) is 10.6 Å². The van der Waals surface area contributed by atoms with Crippen LogP contribution in [-0.2, 0) is 9.53 Å². The second kappa shape index (κ2) is 3.93. The van der Waals surface area contributed by atoms with E-state index in [1.165, 1.54) is 11.5 Å². The van der Waals surface area contributed by atoms with Crippen molar-refractivity contribution in [3.8, 4) is 0 Å². The first-order valence-electron chi connectivity index (χ1n) is 3.14. The van der Waals surface area contributed by atoms with Crippen molar-refractivity contribution >= 4 is 28.4 Å². The second-order valence-electron chi connectivity index (χ2n) is 1.96. The molecule has 0 amide bonds. The molecule has 1 aromatic rings. The van der Waals surface area contributed by atoms with E-state index in [2.05, 4.69) is 9.73 Å². The van der Waals surface area contributed by atoms with Gasteiger partial charge in [0.2, 0.25) is 6.08 Å². The van der Waals surface area contributed by atoms with Crippen molar-refractivity contribution in [1.82, 2.24) is 0 Å². The van der Waals surface area contributed by atoms with E-state index in [1.807, 2.05) is 0 Å². The Bertz CT molecular complexity index is 381. The van der Waals surface area contributed by atoms with Crippen LogP contribution in [0.4, 0.5) is 9.39 Å². The third kappa shape index (κ3) is 1.80. The average molecular weight is 201 g/mol. The molecule has 13 heavy (non-hydrogen) atoms. The number of esters is 1. The summed E-state index contributed by atoms with van der Waals surface area (Å²) in [6, 6.07) is 0. The Labute approximate surface area is 76.7 Å². The van der Waals surface area contributed by atoms with Crippen molar-refractivity contribution < 1.29 is 18.7 Å². The number of thiophene rings is 1. The molecule has 0 bridgehead atoms. The van der Waals surface area contributed by atoms with Crippen LogP contribution < -0.4 is 0 Å². The number of rotatable bonds is 2. The lowest BCUT2D eigenvalue weighted by Gasteiger charge is -1.93. The molecule has 0 N–H and O–H groups in total. The van der Waals surface area contributed by atoms with Crippen LogP contribution in [0.2, 0.25) is 0 Å². The first-order valence-corrected chi connectivity index (χ1v) is 4.01. The van der Waals surface area contributed by atoms with E-state index >= 15 is 0 Å². The molecule has 1 heterocycles. The average Bonchev–Trinajstić information content (AvgIpc) is 2.48. The van der Waals surface area contributed by atoms with E-state index < -0.39 is 11.8 Å². The number of methoxy groups -OCH3 is 1. The molecule has 0 aliphatic rings. The minimum Gasteiger partial charge on any atom is -0.465 e. The zero-order valence-corrected chi connectivity index (χ0v) is 7.35. The first kappa shape index (κ1) is 9.57. The maximum absolute atomic E-state index is 13.1. The van der Waals surface area contributed by atoms with E-state index in [1.54, 1.807) is 0 Å². The molecule has 0 aliphatic carbocycles. The number of carbonyl (C=O) groups is 1. The smallest absolute Gasteiger partial charge is 0.341 e. The van der Waals surface area contributed by atoms with E-state index in [9.17, 15) is 14.0 Å². The van der Waals surface area contributed by atoms with Crippen molar-refractivity contribution in [1.29, 1.82) is 0 Å². The largest absolute Gasteiger partial charge is 0.465 e. The quantitative estimate of drug-likeness (QED) is 0.415. The van der Waals surface area contributed by atoms with Gasteiger partial charge in [0.15, 0.2) is 10.8 Å². The number of hydrogen-bond donors (Lipinski definition) is 0. The Morgan fingerprint density at radius 1 is 1.77 bits per heavy atom.